The van der Waals surface area contributed by atoms with E-state index in [2.05, 4.69) is 23.6 Å². The Labute approximate surface area is 101 Å². The summed E-state index contributed by atoms with van der Waals surface area (Å²) in [5.41, 5.74) is 5.88. The van der Waals surface area contributed by atoms with E-state index in [1.165, 1.54) is 45.3 Å². The first-order valence-corrected chi connectivity index (χ1v) is 6.98. The molecule has 0 aliphatic carbocycles. The molecule has 3 nitrogen and oxygen atoms in total. The summed E-state index contributed by atoms with van der Waals surface area (Å²) in [6.07, 6.45) is 5.41. The Bertz CT molecular complexity index is 169. The molecule has 3 heteroatoms. The number of hydrogen-bond acceptors (Lipinski definition) is 3. The van der Waals surface area contributed by atoms with Crippen molar-refractivity contribution in [2.24, 2.45) is 5.73 Å². The van der Waals surface area contributed by atoms with Crippen LogP contribution in [-0.2, 0) is 0 Å². The molecule has 0 spiro atoms. The maximum Gasteiger partial charge on any atom is 0.0218 e. The average Bonchev–Trinajstić information content (AvgIpc) is 2.55. The van der Waals surface area contributed by atoms with E-state index >= 15 is 0 Å². The van der Waals surface area contributed by atoms with Crippen LogP contribution in [0.3, 0.4) is 0 Å². The highest BCUT2D eigenvalue weighted by molar-refractivity contribution is 4.76. The van der Waals surface area contributed by atoms with Crippen molar-refractivity contribution in [3.05, 3.63) is 0 Å². The number of likely N-dealkylation sites (N-methyl/N-ethyl adjacent to an activating group) is 1. The Morgan fingerprint density at radius 3 is 2.56 bits per heavy atom. The molecule has 1 rings (SSSR count). The van der Waals surface area contributed by atoms with Gasteiger partial charge in [-0.15, -0.1) is 0 Å². The van der Waals surface area contributed by atoms with E-state index in [4.69, 9.17) is 5.73 Å². The Hall–Kier alpha value is -0.120. The van der Waals surface area contributed by atoms with Gasteiger partial charge in [-0.2, -0.15) is 0 Å². The lowest BCUT2D eigenvalue weighted by Gasteiger charge is -2.31. The molecule has 1 aliphatic rings. The minimum Gasteiger partial charge on any atom is -0.329 e. The molecule has 0 aromatic carbocycles. The molecule has 0 aromatic rings. The zero-order valence-electron chi connectivity index (χ0n) is 11.1. The van der Waals surface area contributed by atoms with Gasteiger partial charge in [0.2, 0.25) is 0 Å². The van der Waals surface area contributed by atoms with Gasteiger partial charge in [-0.3, -0.25) is 4.90 Å². The van der Waals surface area contributed by atoms with Crippen molar-refractivity contribution >= 4 is 0 Å². The second kappa shape index (κ2) is 8.04. The molecule has 0 radical (unpaired) electrons. The molecule has 1 fully saturated rings. The molecule has 16 heavy (non-hydrogen) atoms. The zero-order valence-corrected chi connectivity index (χ0v) is 11.1. The van der Waals surface area contributed by atoms with E-state index in [1.807, 2.05) is 0 Å². The molecular formula is C13H29N3. The Morgan fingerprint density at radius 1 is 1.19 bits per heavy atom. The highest BCUT2D eigenvalue weighted by atomic mass is 15.2. The van der Waals surface area contributed by atoms with Crippen molar-refractivity contribution in [1.82, 2.24) is 9.80 Å². The maximum atomic E-state index is 5.88. The Kier molecular flexibility index (Phi) is 7.01. The zero-order chi connectivity index (χ0) is 11.8. The lowest BCUT2D eigenvalue weighted by Crippen LogP contribution is -2.44. The lowest BCUT2D eigenvalue weighted by molar-refractivity contribution is 0.170. The van der Waals surface area contributed by atoms with Crippen molar-refractivity contribution in [2.45, 2.75) is 45.6 Å². The standard InChI is InChI=1S/C13H29N3/c1-3-15(4-2)10-11-16-9-7-5-6-8-13(16)12-14/h13H,3-12,14H2,1-2H3. The van der Waals surface area contributed by atoms with Crippen LogP contribution < -0.4 is 5.73 Å². The van der Waals surface area contributed by atoms with E-state index < -0.39 is 0 Å². The van der Waals surface area contributed by atoms with Gasteiger partial charge < -0.3 is 10.6 Å². The van der Waals surface area contributed by atoms with Gasteiger partial charge in [0.05, 0.1) is 0 Å². The molecule has 0 aromatic heterocycles. The molecule has 0 amide bonds. The van der Waals surface area contributed by atoms with Crippen LogP contribution in [0.2, 0.25) is 0 Å². The van der Waals surface area contributed by atoms with E-state index in [9.17, 15) is 0 Å². The molecule has 1 aliphatic heterocycles. The normalized spacial score (nSPS) is 23.6. The van der Waals surface area contributed by atoms with Gasteiger partial charge in [0, 0.05) is 25.7 Å². The monoisotopic (exact) mass is 227 g/mol. The molecule has 0 bridgehead atoms. The second-order valence-corrected chi connectivity index (χ2v) is 4.80. The topological polar surface area (TPSA) is 32.5 Å². The number of nitrogens with zero attached hydrogens (tertiary/aromatic N) is 2. The third-order valence-electron chi connectivity index (χ3n) is 3.87. The van der Waals surface area contributed by atoms with Gasteiger partial charge in [-0.1, -0.05) is 26.7 Å². The average molecular weight is 227 g/mol. The number of rotatable bonds is 6. The number of hydrogen-bond donors (Lipinski definition) is 1. The summed E-state index contributed by atoms with van der Waals surface area (Å²) in [7, 11) is 0. The summed E-state index contributed by atoms with van der Waals surface area (Å²) in [5.74, 6) is 0. The minimum atomic E-state index is 0.637. The van der Waals surface area contributed by atoms with Gasteiger partial charge in [-0.25, -0.2) is 0 Å². The number of nitrogens with two attached hydrogens (primary N) is 1. The molecular weight excluding hydrogens is 198 g/mol. The quantitative estimate of drug-likeness (QED) is 0.747. The van der Waals surface area contributed by atoms with Crippen LogP contribution in [0, 0.1) is 0 Å². The summed E-state index contributed by atoms with van der Waals surface area (Å²) < 4.78 is 0. The predicted octanol–water partition coefficient (Wildman–Crippen LogP) is 1.53. The predicted molar refractivity (Wildman–Crippen MR) is 70.7 cm³/mol. The lowest BCUT2D eigenvalue weighted by atomic mass is 10.1. The van der Waals surface area contributed by atoms with Crippen molar-refractivity contribution in [3.63, 3.8) is 0 Å². The van der Waals surface area contributed by atoms with Crippen LogP contribution in [0.4, 0.5) is 0 Å². The van der Waals surface area contributed by atoms with E-state index in [-0.39, 0.29) is 0 Å². The van der Waals surface area contributed by atoms with Crippen LogP contribution in [0.15, 0.2) is 0 Å². The number of likely N-dealkylation sites (tertiary alicyclic amines) is 1. The first kappa shape index (κ1) is 13.9. The third kappa shape index (κ3) is 4.40. The van der Waals surface area contributed by atoms with Crippen molar-refractivity contribution in [3.8, 4) is 0 Å². The first-order chi connectivity index (χ1) is 7.81. The summed E-state index contributed by atoms with van der Waals surface area (Å²) >= 11 is 0. The fourth-order valence-electron chi connectivity index (χ4n) is 2.61. The molecule has 1 atom stereocenters. The smallest absolute Gasteiger partial charge is 0.0218 e. The molecule has 96 valence electrons. The molecule has 0 saturated carbocycles. The van der Waals surface area contributed by atoms with Gasteiger partial charge in [-0.05, 0) is 32.5 Å². The largest absolute Gasteiger partial charge is 0.329 e. The Balaban J connectivity index is 2.36. The third-order valence-corrected chi connectivity index (χ3v) is 3.87. The van der Waals surface area contributed by atoms with Crippen LogP contribution >= 0.6 is 0 Å². The molecule has 1 saturated heterocycles. The maximum absolute atomic E-state index is 5.88. The second-order valence-electron chi connectivity index (χ2n) is 4.80. The van der Waals surface area contributed by atoms with Gasteiger partial charge in [0.15, 0.2) is 0 Å². The van der Waals surface area contributed by atoms with Gasteiger partial charge >= 0.3 is 0 Å². The van der Waals surface area contributed by atoms with E-state index in [0.29, 0.717) is 6.04 Å². The minimum absolute atomic E-state index is 0.637. The van der Waals surface area contributed by atoms with Crippen LogP contribution in [0.5, 0.6) is 0 Å². The fourth-order valence-corrected chi connectivity index (χ4v) is 2.61. The summed E-state index contributed by atoms with van der Waals surface area (Å²) in [4.78, 5) is 5.11. The summed E-state index contributed by atoms with van der Waals surface area (Å²) in [5, 5.41) is 0. The van der Waals surface area contributed by atoms with Crippen LogP contribution in [-0.4, -0.2) is 55.1 Å². The van der Waals surface area contributed by atoms with E-state index in [0.717, 1.165) is 19.6 Å². The summed E-state index contributed by atoms with van der Waals surface area (Å²) in [6, 6.07) is 0.637. The van der Waals surface area contributed by atoms with Gasteiger partial charge in [0.1, 0.15) is 0 Å². The van der Waals surface area contributed by atoms with Crippen LogP contribution in [0.1, 0.15) is 39.5 Å². The van der Waals surface area contributed by atoms with Gasteiger partial charge in [0.25, 0.3) is 0 Å². The molecule has 1 heterocycles. The highest BCUT2D eigenvalue weighted by Gasteiger charge is 2.19. The van der Waals surface area contributed by atoms with Crippen molar-refractivity contribution in [2.75, 3.05) is 39.3 Å². The van der Waals surface area contributed by atoms with Crippen LogP contribution in [0.25, 0.3) is 0 Å². The SMILES string of the molecule is CCN(CC)CCN1CCCCCC1CN. The fraction of sp³-hybridized carbons (Fsp3) is 1.00. The van der Waals surface area contributed by atoms with Crippen molar-refractivity contribution < 1.29 is 0 Å². The summed E-state index contributed by atoms with van der Waals surface area (Å²) in [6.45, 7) is 11.3. The molecule has 2 N–H and O–H groups in total. The van der Waals surface area contributed by atoms with E-state index in [1.54, 1.807) is 0 Å². The Morgan fingerprint density at radius 2 is 1.94 bits per heavy atom. The first-order valence-electron chi connectivity index (χ1n) is 6.98. The highest BCUT2D eigenvalue weighted by Crippen LogP contribution is 2.15. The molecule has 1 unspecified atom stereocenters. The van der Waals surface area contributed by atoms with Crippen molar-refractivity contribution in [1.29, 1.82) is 0 Å².